The quantitative estimate of drug-likeness (QED) is 0.374. The maximum Gasteiger partial charge on any atom is 0.157 e. The van der Waals surface area contributed by atoms with Crippen LogP contribution in [-0.2, 0) is 6.42 Å². The number of anilines is 2. The number of nitrogens with one attached hydrogen (secondary N) is 1. The van der Waals surface area contributed by atoms with Crippen molar-refractivity contribution in [1.82, 2.24) is 19.2 Å². The summed E-state index contributed by atoms with van der Waals surface area (Å²) in [5.41, 5.74) is 12.0. The third-order valence-electron chi connectivity index (χ3n) is 5.89. The van der Waals surface area contributed by atoms with Crippen molar-refractivity contribution in [1.29, 1.82) is 10.5 Å². The van der Waals surface area contributed by atoms with Crippen molar-refractivity contribution in [3.8, 4) is 17.8 Å². The molecule has 0 aliphatic rings. The van der Waals surface area contributed by atoms with Gasteiger partial charge in [0.05, 0.1) is 28.0 Å². The molecule has 0 radical (unpaired) electrons. The molecule has 8 nitrogen and oxygen atoms in total. The lowest BCUT2D eigenvalue weighted by Crippen LogP contribution is -2.09. The summed E-state index contributed by atoms with van der Waals surface area (Å²) < 4.78 is 3.61. The topological polar surface area (TPSA) is 121 Å². The van der Waals surface area contributed by atoms with Crippen LogP contribution >= 0.6 is 0 Å². The molecule has 0 amide bonds. The Balaban J connectivity index is 1.39. The van der Waals surface area contributed by atoms with E-state index in [1.54, 1.807) is 4.68 Å². The van der Waals surface area contributed by atoms with Gasteiger partial charge in [-0.2, -0.15) is 15.6 Å². The van der Waals surface area contributed by atoms with Gasteiger partial charge in [-0.15, -0.1) is 0 Å². The normalized spacial score (nSPS) is 10.9. The molecule has 34 heavy (non-hydrogen) atoms. The van der Waals surface area contributed by atoms with Gasteiger partial charge in [0.25, 0.3) is 0 Å². The van der Waals surface area contributed by atoms with Crippen LogP contribution in [0.2, 0.25) is 0 Å². The first-order valence-electron chi connectivity index (χ1n) is 11.0. The zero-order valence-corrected chi connectivity index (χ0v) is 18.7. The van der Waals surface area contributed by atoms with Crippen molar-refractivity contribution in [3.05, 3.63) is 83.0 Å². The lowest BCUT2D eigenvalue weighted by Gasteiger charge is -2.12. The fourth-order valence-electron chi connectivity index (χ4n) is 4.24. The van der Waals surface area contributed by atoms with E-state index in [9.17, 15) is 10.5 Å². The molecule has 0 aliphatic heterocycles. The Hall–Kier alpha value is -4.82. The average Bonchev–Trinajstić information content (AvgIpc) is 3.39. The number of aromatic nitrogens is 4. The molecule has 0 atom stereocenters. The third-order valence-corrected chi connectivity index (χ3v) is 5.89. The van der Waals surface area contributed by atoms with Gasteiger partial charge in [-0.1, -0.05) is 30.3 Å². The van der Waals surface area contributed by atoms with Crippen molar-refractivity contribution in [2.75, 3.05) is 17.6 Å². The Bertz CT molecular complexity index is 1600. The minimum atomic E-state index is 0.353. The summed E-state index contributed by atoms with van der Waals surface area (Å²) in [6.07, 6.45) is 1.34. The fraction of sp³-hybridized carbons (Fsp3) is 0.154. The number of fused-ring (bicyclic) bond motifs is 3. The van der Waals surface area contributed by atoms with Gasteiger partial charge in [0.15, 0.2) is 5.65 Å². The molecule has 0 fully saturated rings. The number of pyridine rings is 1. The lowest BCUT2D eigenvalue weighted by molar-refractivity contribution is 0.788. The van der Waals surface area contributed by atoms with Gasteiger partial charge < -0.3 is 11.1 Å². The Morgan fingerprint density at radius 3 is 2.50 bits per heavy atom. The van der Waals surface area contributed by atoms with Gasteiger partial charge in [-0.05, 0) is 55.7 Å². The van der Waals surface area contributed by atoms with E-state index in [0.717, 1.165) is 34.5 Å². The van der Waals surface area contributed by atoms with Gasteiger partial charge in [0.2, 0.25) is 0 Å². The van der Waals surface area contributed by atoms with E-state index in [4.69, 9.17) is 5.73 Å². The van der Waals surface area contributed by atoms with Crippen molar-refractivity contribution in [3.63, 3.8) is 0 Å². The number of benzene rings is 2. The first-order valence-corrected chi connectivity index (χ1v) is 11.0. The third kappa shape index (κ3) is 3.48. The van der Waals surface area contributed by atoms with Crippen LogP contribution in [0.5, 0.6) is 0 Å². The van der Waals surface area contributed by atoms with Crippen LogP contribution in [0.4, 0.5) is 11.6 Å². The number of nitrogens with two attached hydrogens (primary N) is 1. The second-order valence-corrected chi connectivity index (χ2v) is 8.06. The highest BCUT2D eigenvalue weighted by atomic mass is 15.3. The molecule has 0 bridgehead atoms. The number of nitriles is 2. The van der Waals surface area contributed by atoms with Gasteiger partial charge in [0.1, 0.15) is 29.3 Å². The van der Waals surface area contributed by atoms with E-state index < -0.39 is 0 Å². The molecular weight excluding hydrogens is 424 g/mol. The average molecular weight is 447 g/mol. The van der Waals surface area contributed by atoms with Crippen LogP contribution in [0.1, 0.15) is 28.8 Å². The number of rotatable bonds is 6. The van der Waals surface area contributed by atoms with Crippen LogP contribution in [0.25, 0.3) is 22.4 Å². The molecule has 2 aromatic carbocycles. The van der Waals surface area contributed by atoms with E-state index in [-0.39, 0.29) is 0 Å². The van der Waals surface area contributed by atoms with E-state index in [2.05, 4.69) is 27.5 Å². The second-order valence-electron chi connectivity index (χ2n) is 8.06. The summed E-state index contributed by atoms with van der Waals surface area (Å²) in [6.45, 7) is 2.57. The SMILES string of the molecule is Cc1cc(NCCCc2nn(-c3ccccc3)c(N)c2C#N)n2c(nc3ccccc32)c1C#N. The monoisotopic (exact) mass is 446 g/mol. The molecule has 5 rings (SSSR count). The maximum atomic E-state index is 9.66. The summed E-state index contributed by atoms with van der Waals surface area (Å²) in [4.78, 5) is 4.68. The van der Waals surface area contributed by atoms with Gasteiger partial charge in [-0.25, -0.2) is 9.67 Å². The van der Waals surface area contributed by atoms with Crippen LogP contribution in [0.15, 0.2) is 60.7 Å². The zero-order chi connectivity index (χ0) is 23.7. The number of imidazole rings is 1. The van der Waals surface area contributed by atoms with Gasteiger partial charge in [0, 0.05) is 6.54 Å². The minimum absolute atomic E-state index is 0.353. The molecule has 3 N–H and O–H groups in total. The highest BCUT2D eigenvalue weighted by molar-refractivity contribution is 5.85. The van der Waals surface area contributed by atoms with Crippen molar-refractivity contribution < 1.29 is 0 Å². The Kier molecular flexibility index (Phi) is 5.33. The largest absolute Gasteiger partial charge is 0.382 e. The number of aryl methyl sites for hydroxylation is 2. The molecule has 0 saturated heterocycles. The number of nitrogens with zero attached hydrogens (tertiary/aromatic N) is 6. The number of para-hydroxylation sites is 3. The van der Waals surface area contributed by atoms with Gasteiger partial charge >= 0.3 is 0 Å². The summed E-state index contributed by atoms with van der Waals surface area (Å²) in [7, 11) is 0. The van der Waals surface area contributed by atoms with Crippen LogP contribution in [0, 0.1) is 29.6 Å². The second kappa shape index (κ2) is 8.61. The predicted molar refractivity (Wildman–Crippen MR) is 132 cm³/mol. The molecule has 0 unspecified atom stereocenters. The van der Waals surface area contributed by atoms with Crippen molar-refractivity contribution in [2.24, 2.45) is 0 Å². The molecule has 5 aromatic rings. The van der Waals surface area contributed by atoms with E-state index in [1.807, 2.05) is 72.0 Å². The molecule has 8 heteroatoms. The first-order chi connectivity index (χ1) is 16.6. The number of hydrogen-bond donors (Lipinski definition) is 2. The Labute approximate surface area is 196 Å². The maximum absolute atomic E-state index is 9.66. The Morgan fingerprint density at radius 1 is 1.00 bits per heavy atom. The standard InChI is InChI=1S/C26H22N8/c1-17-14-24(33-23-12-6-5-10-22(23)31-26(33)19(17)15-27)30-13-7-11-21-20(16-28)25(29)34(32-21)18-8-3-2-4-9-18/h2-6,8-10,12,14,30H,7,11,13,29H2,1H3. The number of nitrogen functional groups attached to an aromatic ring is 1. The number of hydrogen-bond acceptors (Lipinski definition) is 6. The molecule has 0 aliphatic carbocycles. The zero-order valence-electron chi connectivity index (χ0n) is 18.7. The lowest BCUT2D eigenvalue weighted by atomic mass is 10.1. The highest BCUT2D eigenvalue weighted by Gasteiger charge is 2.17. The summed E-state index contributed by atoms with van der Waals surface area (Å²) in [5, 5.41) is 27.4. The highest BCUT2D eigenvalue weighted by Crippen LogP contribution is 2.27. The van der Waals surface area contributed by atoms with Crippen molar-refractivity contribution >= 4 is 28.3 Å². The molecule has 0 saturated carbocycles. The van der Waals surface area contributed by atoms with Gasteiger partial charge in [-0.3, -0.25) is 4.40 Å². The molecular formula is C26H22N8. The smallest absolute Gasteiger partial charge is 0.157 e. The Morgan fingerprint density at radius 2 is 1.74 bits per heavy atom. The van der Waals surface area contributed by atoms with Crippen molar-refractivity contribution in [2.45, 2.75) is 19.8 Å². The molecule has 166 valence electrons. The summed E-state index contributed by atoms with van der Waals surface area (Å²) in [6, 6.07) is 23.9. The summed E-state index contributed by atoms with van der Waals surface area (Å²) in [5.74, 6) is 1.22. The van der Waals surface area contributed by atoms with Crippen LogP contribution in [-0.4, -0.2) is 25.7 Å². The first kappa shape index (κ1) is 21.0. The predicted octanol–water partition coefficient (Wildman–Crippen LogP) is 4.35. The molecule has 3 aromatic heterocycles. The summed E-state index contributed by atoms with van der Waals surface area (Å²) >= 11 is 0. The van der Waals surface area contributed by atoms with E-state index in [0.29, 0.717) is 41.3 Å². The fourth-order valence-corrected chi connectivity index (χ4v) is 4.24. The van der Waals surface area contributed by atoms with Crippen LogP contribution < -0.4 is 11.1 Å². The molecule has 3 heterocycles. The van der Waals surface area contributed by atoms with E-state index >= 15 is 0 Å². The minimum Gasteiger partial charge on any atom is -0.382 e. The van der Waals surface area contributed by atoms with Crippen LogP contribution in [0.3, 0.4) is 0 Å². The molecule has 0 spiro atoms. The van der Waals surface area contributed by atoms with E-state index in [1.165, 1.54) is 0 Å².